The zero-order valence-corrected chi connectivity index (χ0v) is 41.8. The smallest absolute Gasteiger partial charge is 0 e. The van der Waals surface area contributed by atoms with E-state index in [2.05, 4.69) is 107 Å². The van der Waals surface area contributed by atoms with Gasteiger partial charge in [0.15, 0.2) is 0 Å². The number of hydrogen-bond acceptors (Lipinski definition) is 5. The van der Waals surface area contributed by atoms with Crippen LogP contribution in [0.3, 0.4) is 0 Å². The molecule has 5 aromatic carbocycles. The van der Waals surface area contributed by atoms with Gasteiger partial charge in [-0.15, -0.1) is 18.2 Å². The minimum absolute atomic E-state index is 0. The van der Waals surface area contributed by atoms with Crippen LogP contribution in [0, 0.1) is 45.7 Å². The van der Waals surface area contributed by atoms with Gasteiger partial charge in [0.2, 0.25) is 0 Å². The van der Waals surface area contributed by atoms with Gasteiger partial charge in [-0.05, 0) is 66.8 Å². The van der Waals surface area contributed by atoms with Crippen molar-refractivity contribution in [2.45, 2.75) is 83.4 Å². The topological polar surface area (TPSA) is 56.7 Å². The number of benzene rings is 5. The maximum absolute atomic E-state index is 9.04. The van der Waals surface area contributed by atoms with Crippen LogP contribution in [0.4, 0.5) is 0 Å². The van der Waals surface area contributed by atoms with Gasteiger partial charge >= 0.3 is 157 Å². The third-order valence-electron chi connectivity index (χ3n) is 12.3. The van der Waals surface area contributed by atoms with Gasteiger partial charge < -0.3 is 8.98 Å². The summed E-state index contributed by atoms with van der Waals surface area (Å²) >= 11 is -0.635. The first-order valence-electron chi connectivity index (χ1n) is 24.1. The summed E-state index contributed by atoms with van der Waals surface area (Å²) in [6.07, 6.45) is 5.74. The molecular weight excluding hydrogens is 1030 g/mol. The first-order chi connectivity index (χ1) is 32.0. The third-order valence-corrected chi connectivity index (χ3v) is 17.6. The monoisotopic (exact) mass is 1090 g/mol. The van der Waals surface area contributed by atoms with Crippen molar-refractivity contribution in [3.05, 3.63) is 149 Å². The number of aryl methyl sites for hydroxylation is 4. The number of aromatic nitrogens is 4. The van der Waals surface area contributed by atoms with Crippen LogP contribution < -0.4 is 4.40 Å². The van der Waals surface area contributed by atoms with Crippen molar-refractivity contribution >= 4 is 82.3 Å². The molecule has 0 bridgehead atoms. The molecule has 0 aliphatic heterocycles. The van der Waals surface area contributed by atoms with E-state index in [1.165, 1.54) is 28.8 Å². The van der Waals surface area contributed by atoms with E-state index in [4.69, 9.17) is 21.2 Å². The van der Waals surface area contributed by atoms with E-state index >= 15 is 0 Å². The zero-order valence-electron chi connectivity index (χ0n) is 41.4. The van der Waals surface area contributed by atoms with E-state index in [9.17, 15) is 0 Å². The summed E-state index contributed by atoms with van der Waals surface area (Å²) in [4.78, 5) is 15.7. The Labute approximate surface area is 397 Å². The maximum Gasteiger partial charge on any atom is 0 e. The molecule has 1 fully saturated rings. The van der Waals surface area contributed by atoms with E-state index < -0.39 is 26.5 Å². The molecule has 10 aromatic rings. The molecule has 8 heteroatoms. The van der Waals surface area contributed by atoms with Crippen LogP contribution in [-0.4, -0.2) is 32.8 Å². The van der Waals surface area contributed by atoms with Crippen LogP contribution in [0.5, 0.6) is 0 Å². The quantitative estimate of drug-likeness (QED) is 0.123. The van der Waals surface area contributed by atoms with Gasteiger partial charge in [0.25, 0.3) is 0 Å². The Balaban J connectivity index is 0.000000174. The number of para-hydroxylation sites is 3. The van der Waals surface area contributed by atoms with Crippen LogP contribution in [0.25, 0.3) is 81.6 Å². The fourth-order valence-corrected chi connectivity index (χ4v) is 13.3. The van der Waals surface area contributed by atoms with E-state index in [-0.39, 0.29) is 31.6 Å². The number of rotatable bonds is 6. The molecule has 1 saturated carbocycles. The second-order valence-corrected chi connectivity index (χ2v) is 29.3. The van der Waals surface area contributed by atoms with E-state index in [0.717, 1.165) is 106 Å². The maximum atomic E-state index is 9.04. The number of furan rings is 1. The molecule has 5 nitrogen and oxygen atoms in total. The molecule has 0 spiro atoms. The normalized spacial score (nSPS) is 15.1. The van der Waals surface area contributed by atoms with Gasteiger partial charge in [0.05, 0.1) is 16.9 Å². The number of hydrogen-bond donors (Lipinski definition) is 0. The largest absolute Gasteiger partial charge is 0 e. The van der Waals surface area contributed by atoms with Crippen LogP contribution in [0.15, 0.2) is 114 Å². The zero-order chi connectivity index (χ0) is 47.0. The number of imidazole rings is 1. The molecular formula is C55H52GeIrN4OS-2. The summed E-state index contributed by atoms with van der Waals surface area (Å²) in [5.41, 5.74) is 11.6. The van der Waals surface area contributed by atoms with Gasteiger partial charge in [0.1, 0.15) is 16.0 Å². The second kappa shape index (κ2) is 17.6. The summed E-state index contributed by atoms with van der Waals surface area (Å²) in [5, 5.41) is 4.64. The number of nitrogens with zero attached hydrogens (tertiary/aromatic N) is 4. The molecule has 1 radical (unpaired) electrons. The fraction of sp³-hybridized carbons (Fsp3) is 0.255. The minimum Gasteiger partial charge on any atom is 0 e. The van der Waals surface area contributed by atoms with Crippen LogP contribution in [0.1, 0.15) is 66.9 Å². The van der Waals surface area contributed by atoms with Crippen LogP contribution in [-0.2, 0) is 26.5 Å². The van der Waals surface area contributed by atoms with Gasteiger partial charge in [-0.3, -0.25) is 4.98 Å². The summed E-state index contributed by atoms with van der Waals surface area (Å²) in [6.45, 7) is 4.21. The Morgan fingerprint density at radius 1 is 0.857 bits per heavy atom. The molecule has 63 heavy (non-hydrogen) atoms. The third kappa shape index (κ3) is 8.23. The average Bonchev–Trinajstić information content (AvgIpc) is 4.00. The molecule has 1 aliphatic rings. The second-order valence-electron chi connectivity index (χ2n) is 17.7. The van der Waals surface area contributed by atoms with E-state index in [1.807, 2.05) is 43.5 Å². The summed E-state index contributed by atoms with van der Waals surface area (Å²) in [5.74, 6) is 7.73. The van der Waals surface area contributed by atoms with E-state index in [0.29, 0.717) is 11.3 Å². The van der Waals surface area contributed by atoms with E-state index in [1.54, 1.807) is 23.5 Å². The average molecular weight is 1090 g/mol. The van der Waals surface area contributed by atoms with Crippen molar-refractivity contribution in [3.8, 4) is 28.3 Å². The molecule has 0 unspecified atom stereocenters. The van der Waals surface area contributed by atoms with Crippen LogP contribution >= 0.6 is 11.3 Å². The number of pyridine rings is 2. The van der Waals surface area contributed by atoms with Gasteiger partial charge in [0, 0.05) is 47.8 Å². The number of fused-ring (bicyclic) bond motifs is 7. The molecule has 11 rings (SSSR count). The Kier molecular flexibility index (Phi) is 10.4. The molecule has 5 aromatic heterocycles. The molecule has 0 amide bonds. The first kappa shape index (κ1) is 37.5. The van der Waals surface area contributed by atoms with Crippen LogP contribution in [0.2, 0.25) is 17.3 Å². The Bertz CT molecular complexity index is 3510. The van der Waals surface area contributed by atoms with Crippen molar-refractivity contribution in [3.63, 3.8) is 0 Å². The van der Waals surface area contributed by atoms with Crippen molar-refractivity contribution < 1.29 is 31.4 Å². The molecule has 5 heterocycles. The van der Waals surface area contributed by atoms with Gasteiger partial charge in [-0.2, -0.15) is 11.3 Å². The van der Waals surface area contributed by atoms with Crippen molar-refractivity contribution in [1.29, 1.82) is 0 Å². The Hall–Kier alpha value is -4.92. The molecule has 319 valence electrons. The first-order valence-corrected chi connectivity index (χ1v) is 29.8. The predicted octanol–water partition coefficient (Wildman–Crippen LogP) is 14.6. The molecule has 0 N–H and O–H groups in total. The Morgan fingerprint density at radius 3 is 2.46 bits per heavy atom. The van der Waals surface area contributed by atoms with Gasteiger partial charge in [-0.1, -0.05) is 47.3 Å². The van der Waals surface area contributed by atoms with Crippen molar-refractivity contribution in [1.82, 2.24) is 19.5 Å². The number of thiophene rings is 1. The van der Waals surface area contributed by atoms with Gasteiger partial charge in [-0.25, -0.2) is 4.98 Å². The Morgan fingerprint density at radius 2 is 1.67 bits per heavy atom. The fourth-order valence-electron chi connectivity index (χ4n) is 9.19. The van der Waals surface area contributed by atoms with Crippen molar-refractivity contribution in [2.24, 2.45) is 5.92 Å². The minimum atomic E-state index is -2.35. The molecule has 0 saturated heterocycles. The standard InChI is InChI=1S/C33H22N3OS.C22H30GeN.Ir/c1-18-17-25-21-9-4-7-14-28(21)37-30(25)20(3)29(18)36-27-13-6-5-12-26(27)35-32(36)24-11-8-10-22-23-16-15-19(2)34-33(23)38-31(22)24;1-17-10-12-19(13-11-17)22-15-20(14-18-8-6-5-7-9-18)21(16-24-22)23(2,3)4;/h4-10,12-17H,1-3H3;10-12,15-16,18H,5-9,14H2,1-4H3;/q2*-1;/i;1D3,14D2;. The van der Waals surface area contributed by atoms with Crippen molar-refractivity contribution in [2.75, 3.05) is 0 Å². The molecule has 1 aliphatic carbocycles. The predicted molar refractivity (Wildman–Crippen MR) is 264 cm³/mol. The summed E-state index contributed by atoms with van der Waals surface area (Å²) in [7, 11) is 0. The SMILES string of the molecule is Cc1ccc2c(n1)sc1c(-c3nc4ccccc4n3-c3c(C)cc4c(oc5ccccc54)c3C)[c-]ccc12.[2H]C([2H])([2H])c1c[c-]c(-c2cc(C([2H])([2H])C3CCCCC3)[c]([Ge]([CH3])([CH3])[CH3])cn2)cc1.[Ir]. The summed E-state index contributed by atoms with van der Waals surface area (Å²) in [6, 6.07) is 40.5. The summed E-state index contributed by atoms with van der Waals surface area (Å²) < 4.78 is 51.6. The molecule has 0 atom stereocenters.